The Morgan fingerprint density at radius 1 is 1.17 bits per heavy atom. The number of hydrogen-bond donors (Lipinski definition) is 1. The number of hydrogen-bond acceptors (Lipinski definition) is 5. The molecule has 2 aromatic carbocycles. The molecule has 0 spiro atoms. The molecular formula is C22H23N3O4. The molecular weight excluding hydrogens is 370 g/mol. The fourth-order valence-electron chi connectivity index (χ4n) is 3.24. The van der Waals surface area contributed by atoms with Crippen molar-refractivity contribution < 1.29 is 19.0 Å². The third-order valence-corrected chi connectivity index (χ3v) is 4.84. The first-order chi connectivity index (χ1) is 14.2. The summed E-state index contributed by atoms with van der Waals surface area (Å²) in [6.07, 6.45) is 3.92. The van der Waals surface area contributed by atoms with Gasteiger partial charge in [-0.05, 0) is 29.8 Å². The molecule has 29 heavy (non-hydrogen) atoms. The number of para-hydroxylation sites is 1. The van der Waals surface area contributed by atoms with E-state index in [1.54, 1.807) is 12.0 Å². The summed E-state index contributed by atoms with van der Waals surface area (Å²) in [5.41, 5.74) is 2.82. The molecule has 1 amide bonds. The maximum absolute atomic E-state index is 12.3. The number of amides is 1. The van der Waals surface area contributed by atoms with E-state index in [0.717, 1.165) is 22.2 Å². The molecule has 0 saturated carbocycles. The van der Waals surface area contributed by atoms with E-state index >= 15 is 0 Å². The van der Waals surface area contributed by atoms with Crippen LogP contribution in [-0.4, -0.2) is 61.0 Å². The second-order valence-corrected chi connectivity index (χ2v) is 6.68. The molecule has 1 aliphatic heterocycles. The second-order valence-electron chi connectivity index (χ2n) is 6.68. The number of aromatic amines is 1. The number of aromatic nitrogens is 2. The van der Waals surface area contributed by atoms with E-state index in [1.165, 1.54) is 0 Å². The van der Waals surface area contributed by atoms with Gasteiger partial charge in [0.2, 0.25) is 0 Å². The van der Waals surface area contributed by atoms with Gasteiger partial charge >= 0.3 is 0 Å². The summed E-state index contributed by atoms with van der Waals surface area (Å²) in [6.45, 7) is 2.32. The number of ether oxygens (including phenoxy) is 3. The number of benzene rings is 2. The Hall–Kier alpha value is -3.32. The van der Waals surface area contributed by atoms with Crippen molar-refractivity contribution in [1.29, 1.82) is 0 Å². The molecule has 1 N–H and O–H groups in total. The molecule has 7 nitrogen and oxygen atoms in total. The highest BCUT2D eigenvalue weighted by Gasteiger charge is 2.18. The Kier molecular flexibility index (Phi) is 5.76. The highest BCUT2D eigenvalue weighted by molar-refractivity contribution is 5.89. The molecule has 2 heterocycles. The maximum Gasteiger partial charge on any atom is 0.260 e. The summed E-state index contributed by atoms with van der Waals surface area (Å²) in [5.74, 6) is 1.06. The number of H-pyrrole nitrogens is 1. The molecule has 1 aliphatic rings. The SMILES string of the molecule is COc1cc(C=Cc2n[nH]c3ccccc23)ccc1OCC(=O)N1CCOCC1. The molecule has 1 fully saturated rings. The smallest absolute Gasteiger partial charge is 0.260 e. The van der Waals surface area contributed by atoms with Crippen LogP contribution in [0.5, 0.6) is 11.5 Å². The van der Waals surface area contributed by atoms with Crippen molar-refractivity contribution in [2.75, 3.05) is 40.0 Å². The van der Waals surface area contributed by atoms with Crippen molar-refractivity contribution in [2.45, 2.75) is 0 Å². The predicted molar refractivity (Wildman–Crippen MR) is 111 cm³/mol. The van der Waals surface area contributed by atoms with Crippen LogP contribution in [0.25, 0.3) is 23.1 Å². The Balaban J connectivity index is 1.44. The van der Waals surface area contributed by atoms with Crippen molar-refractivity contribution in [2.24, 2.45) is 0 Å². The molecule has 0 aliphatic carbocycles. The normalized spacial score (nSPS) is 14.4. The zero-order valence-electron chi connectivity index (χ0n) is 16.3. The lowest BCUT2D eigenvalue weighted by Crippen LogP contribution is -2.43. The number of morpholine rings is 1. The molecule has 3 aromatic rings. The maximum atomic E-state index is 12.3. The quantitative estimate of drug-likeness (QED) is 0.697. The van der Waals surface area contributed by atoms with E-state index in [4.69, 9.17) is 14.2 Å². The molecule has 4 rings (SSSR count). The van der Waals surface area contributed by atoms with Crippen molar-refractivity contribution in [3.05, 3.63) is 53.7 Å². The van der Waals surface area contributed by atoms with Gasteiger partial charge in [-0.15, -0.1) is 0 Å². The zero-order valence-corrected chi connectivity index (χ0v) is 16.3. The summed E-state index contributed by atoms with van der Waals surface area (Å²) in [6, 6.07) is 13.6. The molecule has 0 bridgehead atoms. The third-order valence-electron chi connectivity index (χ3n) is 4.84. The van der Waals surface area contributed by atoms with E-state index in [0.29, 0.717) is 37.8 Å². The van der Waals surface area contributed by atoms with E-state index < -0.39 is 0 Å². The van der Waals surface area contributed by atoms with Gasteiger partial charge in [0.05, 0.1) is 31.5 Å². The lowest BCUT2D eigenvalue weighted by molar-refractivity contribution is -0.137. The molecule has 1 saturated heterocycles. The Bertz CT molecular complexity index is 1020. The molecule has 7 heteroatoms. The van der Waals surface area contributed by atoms with Crippen LogP contribution in [0, 0.1) is 0 Å². The minimum atomic E-state index is -0.0512. The topological polar surface area (TPSA) is 76.7 Å². The fourth-order valence-corrected chi connectivity index (χ4v) is 3.24. The molecule has 0 unspecified atom stereocenters. The van der Waals surface area contributed by atoms with Crippen LogP contribution >= 0.6 is 0 Å². The van der Waals surface area contributed by atoms with Crippen LogP contribution in [0.1, 0.15) is 11.3 Å². The van der Waals surface area contributed by atoms with Gasteiger partial charge in [-0.25, -0.2) is 0 Å². The summed E-state index contributed by atoms with van der Waals surface area (Å²) >= 11 is 0. The monoisotopic (exact) mass is 393 g/mol. The van der Waals surface area contributed by atoms with Gasteiger partial charge in [-0.3, -0.25) is 9.89 Å². The van der Waals surface area contributed by atoms with Crippen LogP contribution in [0.4, 0.5) is 0 Å². The van der Waals surface area contributed by atoms with Crippen molar-refractivity contribution in [3.8, 4) is 11.5 Å². The van der Waals surface area contributed by atoms with E-state index in [-0.39, 0.29) is 12.5 Å². The minimum absolute atomic E-state index is 0.0230. The van der Waals surface area contributed by atoms with E-state index in [9.17, 15) is 4.79 Å². The van der Waals surface area contributed by atoms with Gasteiger partial charge in [0.25, 0.3) is 5.91 Å². The Morgan fingerprint density at radius 2 is 2.00 bits per heavy atom. The summed E-state index contributed by atoms with van der Waals surface area (Å²) in [7, 11) is 1.58. The fraction of sp³-hybridized carbons (Fsp3) is 0.273. The van der Waals surface area contributed by atoms with Gasteiger partial charge in [0.15, 0.2) is 18.1 Å². The van der Waals surface area contributed by atoms with Crippen LogP contribution in [0.3, 0.4) is 0 Å². The Labute approximate surface area is 168 Å². The zero-order chi connectivity index (χ0) is 20.1. The first-order valence-corrected chi connectivity index (χ1v) is 9.52. The van der Waals surface area contributed by atoms with Crippen LogP contribution in [0.15, 0.2) is 42.5 Å². The summed E-state index contributed by atoms with van der Waals surface area (Å²) < 4.78 is 16.4. The first-order valence-electron chi connectivity index (χ1n) is 9.52. The number of carbonyl (C=O) groups excluding carboxylic acids is 1. The Morgan fingerprint density at radius 3 is 2.83 bits per heavy atom. The van der Waals surface area contributed by atoms with Crippen LogP contribution in [0.2, 0.25) is 0 Å². The minimum Gasteiger partial charge on any atom is -0.493 e. The highest BCUT2D eigenvalue weighted by Crippen LogP contribution is 2.29. The second kappa shape index (κ2) is 8.79. The van der Waals surface area contributed by atoms with Crippen LogP contribution in [-0.2, 0) is 9.53 Å². The standard InChI is InChI=1S/C22H23N3O4/c1-27-21-14-16(6-8-19-17-4-2-3-5-18(17)23-24-19)7-9-20(21)29-15-22(26)25-10-12-28-13-11-25/h2-9,14H,10-13,15H2,1H3,(H,23,24). The van der Waals surface area contributed by atoms with Gasteiger partial charge in [0, 0.05) is 18.5 Å². The van der Waals surface area contributed by atoms with Gasteiger partial charge < -0.3 is 19.1 Å². The van der Waals surface area contributed by atoms with E-state index in [1.807, 2.05) is 54.6 Å². The lowest BCUT2D eigenvalue weighted by Gasteiger charge is -2.26. The van der Waals surface area contributed by atoms with Gasteiger partial charge in [-0.1, -0.05) is 30.3 Å². The molecule has 150 valence electrons. The first kappa shape index (κ1) is 19.0. The number of carbonyl (C=O) groups is 1. The van der Waals surface area contributed by atoms with Crippen molar-refractivity contribution in [3.63, 3.8) is 0 Å². The predicted octanol–water partition coefficient (Wildman–Crippen LogP) is 2.98. The highest BCUT2D eigenvalue weighted by atomic mass is 16.5. The number of methoxy groups -OCH3 is 1. The number of nitrogens with one attached hydrogen (secondary N) is 1. The molecule has 0 radical (unpaired) electrons. The largest absolute Gasteiger partial charge is 0.493 e. The molecule has 0 atom stereocenters. The van der Waals surface area contributed by atoms with Crippen molar-refractivity contribution in [1.82, 2.24) is 15.1 Å². The third kappa shape index (κ3) is 4.41. The molecule has 1 aromatic heterocycles. The van der Waals surface area contributed by atoms with Crippen LogP contribution < -0.4 is 9.47 Å². The van der Waals surface area contributed by atoms with Crippen molar-refractivity contribution >= 4 is 29.0 Å². The van der Waals surface area contributed by atoms with Gasteiger partial charge in [0.1, 0.15) is 0 Å². The summed E-state index contributed by atoms with van der Waals surface area (Å²) in [4.78, 5) is 14.0. The number of rotatable bonds is 6. The summed E-state index contributed by atoms with van der Waals surface area (Å²) in [5, 5.41) is 8.43. The lowest BCUT2D eigenvalue weighted by atomic mass is 10.1. The van der Waals surface area contributed by atoms with Gasteiger partial charge in [-0.2, -0.15) is 5.10 Å². The average molecular weight is 393 g/mol. The number of fused-ring (bicyclic) bond motifs is 1. The van der Waals surface area contributed by atoms with E-state index in [2.05, 4.69) is 10.2 Å². The average Bonchev–Trinajstić information content (AvgIpc) is 3.20. The number of nitrogens with zero attached hydrogens (tertiary/aromatic N) is 2.